The summed E-state index contributed by atoms with van der Waals surface area (Å²) in [6, 6.07) is 13.2. The van der Waals surface area contributed by atoms with Crippen LogP contribution in [-0.2, 0) is 0 Å². The number of nitrogens with zero attached hydrogens (tertiary/aromatic N) is 3. The van der Waals surface area contributed by atoms with Crippen LogP contribution in [0.2, 0.25) is 0 Å². The standard InChI is InChI=1S/C18H19N5O3/c1-24-14-9-13(10-15(25-2)17(14)26-3)20-16-11-19-23-18(22-16)21-12-7-5-4-6-8-12/h4-11H,1-3H3,(H2,20,21,22,23). The van der Waals surface area contributed by atoms with Gasteiger partial charge in [0.05, 0.1) is 27.5 Å². The number of anilines is 4. The zero-order chi connectivity index (χ0) is 18.4. The number of rotatable bonds is 7. The molecule has 1 aromatic heterocycles. The summed E-state index contributed by atoms with van der Waals surface area (Å²) in [7, 11) is 4.69. The zero-order valence-corrected chi connectivity index (χ0v) is 14.7. The highest BCUT2D eigenvalue weighted by molar-refractivity contribution is 5.67. The van der Waals surface area contributed by atoms with Gasteiger partial charge in [-0.3, -0.25) is 0 Å². The monoisotopic (exact) mass is 353 g/mol. The van der Waals surface area contributed by atoms with Crippen molar-refractivity contribution in [3.63, 3.8) is 0 Å². The van der Waals surface area contributed by atoms with E-state index in [1.165, 1.54) is 6.20 Å². The van der Waals surface area contributed by atoms with Gasteiger partial charge in [0.15, 0.2) is 17.3 Å². The van der Waals surface area contributed by atoms with Gasteiger partial charge in [-0.1, -0.05) is 18.2 Å². The first kappa shape index (κ1) is 17.3. The Bertz CT molecular complexity index is 849. The molecule has 0 radical (unpaired) electrons. The topological polar surface area (TPSA) is 90.4 Å². The Kier molecular flexibility index (Phi) is 5.33. The third kappa shape index (κ3) is 3.92. The molecule has 1 heterocycles. The van der Waals surface area contributed by atoms with E-state index in [-0.39, 0.29) is 0 Å². The molecule has 0 amide bonds. The summed E-state index contributed by atoms with van der Waals surface area (Å²) in [5, 5.41) is 14.2. The van der Waals surface area contributed by atoms with E-state index in [0.717, 1.165) is 5.69 Å². The highest BCUT2D eigenvalue weighted by atomic mass is 16.5. The number of para-hydroxylation sites is 1. The van der Waals surface area contributed by atoms with Crippen molar-refractivity contribution >= 4 is 23.1 Å². The molecule has 0 aliphatic rings. The Morgan fingerprint density at radius 2 is 1.50 bits per heavy atom. The van der Waals surface area contributed by atoms with Crippen LogP contribution < -0.4 is 24.8 Å². The molecule has 0 saturated heterocycles. The van der Waals surface area contributed by atoms with Crippen LogP contribution in [0, 0.1) is 0 Å². The summed E-state index contributed by atoms with van der Waals surface area (Å²) in [4.78, 5) is 4.41. The fourth-order valence-corrected chi connectivity index (χ4v) is 2.37. The van der Waals surface area contributed by atoms with Crippen molar-refractivity contribution in [2.24, 2.45) is 0 Å². The maximum atomic E-state index is 5.35. The van der Waals surface area contributed by atoms with Crippen LogP contribution in [0.5, 0.6) is 17.2 Å². The molecule has 0 aliphatic heterocycles. The molecule has 2 aromatic carbocycles. The van der Waals surface area contributed by atoms with Gasteiger partial charge in [-0.2, -0.15) is 10.1 Å². The average Bonchev–Trinajstić information content (AvgIpc) is 2.68. The Hall–Kier alpha value is -3.55. The minimum absolute atomic E-state index is 0.383. The van der Waals surface area contributed by atoms with E-state index >= 15 is 0 Å². The van der Waals surface area contributed by atoms with Gasteiger partial charge in [0.1, 0.15) is 0 Å². The summed E-state index contributed by atoms with van der Waals surface area (Å²) in [6.45, 7) is 0. The van der Waals surface area contributed by atoms with Gasteiger partial charge in [0.2, 0.25) is 11.7 Å². The summed E-state index contributed by atoms with van der Waals surface area (Å²) < 4.78 is 16.0. The minimum atomic E-state index is 0.383. The lowest BCUT2D eigenvalue weighted by Gasteiger charge is -2.15. The van der Waals surface area contributed by atoms with Crippen molar-refractivity contribution in [2.45, 2.75) is 0 Å². The number of benzene rings is 2. The molecule has 134 valence electrons. The van der Waals surface area contributed by atoms with Crippen molar-refractivity contribution in [3.05, 3.63) is 48.7 Å². The lowest BCUT2D eigenvalue weighted by Crippen LogP contribution is -2.03. The molecule has 0 spiro atoms. The molecule has 8 heteroatoms. The quantitative estimate of drug-likeness (QED) is 0.668. The SMILES string of the molecule is COc1cc(Nc2cnnc(Nc3ccccc3)n2)cc(OC)c1OC. The Morgan fingerprint density at radius 3 is 2.12 bits per heavy atom. The van der Waals surface area contributed by atoms with Gasteiger partial charge in [-0.05, 0) is 12.1 Å². The van der Waals surface area contributed by atoms with Crippen LogP contribution in [0.15, 0.2) is 48.7 Å². The van der Waals surface area contributed by atoms with Crippen LogP contribution in [0.1, 0.15) is 0 Å². The molecule has 0 bridgehead atoms. The van der Waals surface area contributed by atoms with Crippen molar-refractivity contribution < 1.29 is 14.2 Å². The fourth-order valence-electron chi connectivity index (χ4n) is 2.37. The van der Waals surface area contributed by atoms with Crippen LogP contribution in [0.25, 0.3) is 0 Å². The molecule has 0 aliphatic carbocycles. The molecular weight excluding hydrogens is 334 g/mol. The zero-order valence-electron chi connectivity index (χ0n) is 14.7. The molecular formula is C18H19N5O3. The number of nitrogens with one attached hydrogen (secondary N) is 2. The fraction of sp³-hybridized carbons (Fsp3) is 0.167. The van der Waals surface area contributed by atoms with Gasteiger partial charge >= 0.3 is 0 Å². The third-order valence-electron chi connectivity index (χ3n) is 3.53. The van der Waals surface area contributed by atoms with E-state index in [0.29, 0.717) is 34.7 Å². The number of hydrogen-bond acceptors (Lipinski definition) is 8. The number of aromatic nitrogens is 3. The number of methoxy groups -OCH3 is 3. The first-order chi connectivity index (χ1) is 12.7. The van der Waals surface area contributed by atoms with Gasteiger partial charge in [0, 0.05) is 23.5 Å². The predicted molar refractivity (Wildman–Crippen MR) is 98.9 cm³/mol. The van der Waals surface area contributed by atoms with Crippen molar-refractivity contribution in [1.82, 2.24) is 15.2 Å². The van der Waals surface area contributed by atoms with Crippen molar-refractivity contribution in [1.29, 1.82) is 0 Å². The first-order valence-corrected chi connectivity index (χ1v) is 7.82. The Morgan fingerprint density at radius 1 is 0.808 bits per heavy atom. The summed E-state index contributed by atoms with van der Waals surface area (Å²) in [5.41, 5.74) is 1.59. The molecule has 3 aromatic rings. The maximum absolute atomic E-state index is 5.35. The van der Waals surface area contributed by atoms with E-state index in [2.05, 4.69) is 25.8 Å². The van der Waals surface area contributed by atoms with Crippen molar-refractivity contribution in [3.8, 4) is 17.2 Å². The van der Waals surface area contributed by atoms with E-state index in [1.54, 1.807) is 33.5 Å². The second-order valence-corrected chi connectivity index (χ2v) is 5.20. The van der Waals surface area contributed by atoms with Gasteiger partial charge in [0.25, 0.3) is 0 Å². The molecule has 0 atom stereocenters. The number of hydrogen-bond donors (Lipinski definition) is 2. The highest BCUT2D eigenvalue weighted by Crippen LogP contribution is 2.40. The van der Waals surface area contributed by atoms with Crippen LogP contribution >= 0.6 is 0 Å². The minimum Gasteiger partial charge on any atom is -0.493 e. The van der Waals surface area contributed by atoms with Gasteiger partial charge in [-0.15, -0.1) is 5.10 Å². The van der Waals surface area contributed by atoms with E-state index in [9.17, 15) is 0 Å². The van der Waals surface area contributed by atoms with Crippen LogP contribution in [0.4, 0.5) is 23.1 Å². The van der Waals surface area contributed by atoms with Gasteiger partial charge < -0.3 is 24.8 Å². The third-order valence-corrected chi connectivity index (χ3v) is 3.53. The average molecular weight is 353 g/mol. The Labute approximate surface area is 151 Å². The molecule has 8 nitrogen and oxygen atoms in total. The molecule has 0 saturated carbocycles. The smallest absolute Gasteiger partial charge is 0.249 e. The van der Waals surface area contributed by atoms with Crippen molar-refractivity contribution in [2.75, 3.05) is 32.0 Å². The summed E-state index contributed by atoms with van der Waals surface area (Å²) >= 11 is 0. The van der Waals surface area contributed by atoms with Crippen LogP contribution in [0.3, 0.4) is 0 Å². The van der Waals surface area contributed by atoms with E-state index in [1.807, 2.05) is 30.3 Å². The molecule has 26 heavy (non-hydrogen) atoms. The first-order valence-electron chi connectivity index (χ1n) is 7.82. The van der Waals surface area contributed by atoms with Crippen LogP contribution in [-0.4, -0.2) is 36.5 Å². The predicted octanol–water partition coefficient (Wildman–Crippen LogP) is 3.38. The number of ether oxygens (including phenoxy) is 3. The molecule has 0 unspecified atom stereocenters. The second-order valence-electron chi connectivity index (χ2n) is 5.20. The lowest BCUT2D eigenvalue weighted by molar-refractivity contribution is 0.324. The normalized spacial score (nSPS) is 10.1. The summed E-state index contributed by atoms with van der Waals surface area (Å²) in [5.74, 6) is 2.51. The van der Waals surface area contributed by atoms with Gasteiger partial charge in [-0.25, -0.2) is 0 Å². The highest BCUT2D eigenvalue weighted by Gasteiger charge is 2.13. The molecule has 0 fully saturated rings. The lowest BCUT2D eigenvalue weighted by atomic mass is 10.2. The van der Waals surface area contributed by atoms with E-state index in [4.69, 9.17) is 14.2 Å². The molecule has 3 rings (SSSR count). The largest absolute Gasteiger partial charge is 0.493 e. The Balaban J connectivity index is 1.84. The second kappa shape index (κ2) is 8.02. The van der Waals surface area contributed by atoms with E-state index < -0.39 is 0 Å². The summed E-state index contributed by atoms with van der Waals surface area (Å²) in [6.07, 6.45) is 1.53. The molecule has 2 N–H and O–H groups in total. The maximum Gasteiger partial charge on any atom is 0.249 e.